The molecule has 1 heterocycles. The number of benzene rings is 2. The molecule has 0 radical (unpaired) electrons. The smallest absolute Gasteiger partial charge is 0.283 e. The van der Waals surface area contributed by atoms with Crippen LogP contribution in [-0.2, 0) is 13.6 Å². The Hall–Kier alpha value is -2.73. The lowest BCUT2D eigenvalue weighted by molar-refractivity contribution is 0.880. The molecule has 0 spiro atoms. The maximum atomic E-state index is 12.1. The molecule has 0 amide bonds. The molecule has 0 bridgehead atoms. The van der Waals surface area contributed by atoms with Gasteiger partial charge in [-0.05, 0) is 39.2 Å². The van der Waals surface area contributed by atoms with Gasteiger partial charge in [-0.1, -0.05) is 36.4 Å². The van der Waals surface area contributed by atoms with Crippen LogP contribution in [0.25, 0.3) is 16.6 Å². The van der Waals surface area contributed by atoms with Crippen molar-refractivity contribution in [1.29, 1.82) is 0 Å². The Labute approximate surface area is 153 Å². The van der Waals surface area contributed by atoms with Crippen LogP contribution >= 0.6 is 15.9 Å². The highest BCUT2D eigenvalue weighted by Crippen LogP contribution is 2.19. The Morgan fingerprint density at radius 1 is 1.28 bits per heavy atom. The Morgan fingerprint density at radius 3 is 2.76 bits per heavy atom. The molecule has 0 unspecified atom stereocenters. The fourth-order valence-electron chi connectivity index (χ4n) is 2.51. The third-order valence-electron chi connectivity index (χ3n) is 3.90. The monoisotopic (exact) mass is 396 g/mol. The fourth-order valence-corrected chi connectivity index (χ4v) is 2.97. The van der Waals surface area contributed by atoms with Crippen molar-refractivity contribution in [2.75, 3.05) is 0 Å². The number of nitrogens with two attached hydrogens (primary N) is 1. The lowest BCUT2D eigenvalue weighted by atomic mass is 10.1. The van der Waals surface area contributed by atoms with Gasteiger partial charge in [-0.2, -0.15) is 0 Å². The zero-order valence-electron chi connectivity index (χ0n) is 13.7. The lowest BCUT2D eigenvalue weighted by Gasteiger charge is -2.08. The summed E-state index contributed by atoms with van der Waals surface area (Å²) in [4.78, 5) is 20.8. The van der Waals surface area contributed by atoms with Crippen LogP contribution in [0, 0.1) is 0 Å². The van der Waals surface area contributed by atoms with Crippen molar-refractivity contribution < 1.29 is 0 Å². The van der Waals surface area contributed by atoms with Gasteiger partial charge < -0.3 is 10.3 Å². The number of aliphatic imine (C=N–C) groups is 1. The van der Waals surface area contributed by atoms with Crippen LogP contribution in [0.2, 0.25) is 0 Å². The van der Waals surface area contributed by atoms with Crippen LogP contribution in [0.5, 0.6) is 0 Å². The highest BCUT2D eigenvalue weighted by atomic mass is 79.9. The van der Waals surface area contributed by atoms with E-state index in [0.29, 0.717) is 11.1 Å². The third-order valence-corrected chi connectivity index (χ3v) is 4.41. The number of aromatic nitrogens is 2. The molecule has 0 aliphatic carbocycles. The summed E-state index contributed by atoms with van der Waals surface area (Å²) in [6, 6.07) is 15.7. The zero-order valence-corrected chi connectivity index (χ0v) is 15.3. The summed E-state index contributed by atoms with van der Waals surface area (Å²) in [5.74, 6) is 0. The van der Waals surface area contributed by atoms with Gasteiger partial charge in [0.05, 0.1) is 17.6 Å². The molecule has 126 valence electrons. The summed E-state index contributed by atoms with van der Waals surface area (Å²) in [5.41, 5.74) is 9.86. The number of allylic oxidation sites excluding steroid dienone is 1. The van der Waals surface area contributed by atoms with Gasteiger partial charge in [0.15, 0.2) is 4.60 Å². The summed E-state index contributed by atoms with van der Waals surface area (Å²) < 4.78 is 1.86. The van der Waals surface area contributed by atoms with Gasteiger partial charge in [0.2, 0.25) is 0 Å². The second-order valence-electron chi connectivity index (χ2n) is 5.55. The molecule has 2 N–H and O–H groups in total. The van der Waals surface area contributed by atoms with Gasteiger partial charge in [0.1, 0.15) is 0 Å². The number of rotatable bonds is 4. The second kappa shape index (κ2) is 7.44. The van der Waals surface area contributed by atoms with Crippen molar-refractivity contribution in [3.63, 3.8) is 0 Å². The highest BCUT2D eigenvalue weighted by molar-refractivity contribution is 9.10. The average Bonchev–Trinajstić information content (AvgIpc) is 2.64. The Morgan fingerprint density at radius 2 is 2.04 bits per heavy atom. The second-order valence-corrected chi connectivity index (χ2v) is 6.30. The molecule has 5 nitrogen and oxygen atoms in total. The van der Waals surface area contributed by atoms with E-state index in [1.54, 1.807) is 17.8 Å². The minimum absolute atomic E-state index is 0.180. The van der Waals surface area contributed by atoms with Crippen molar-refractivity contribution in [2.24, 2.45) is 17.8 Å². The number of fused-ring (bicyclic) bond motifs is 1. The van der Waals surface area contributed by atoms with E-state index >= 15 is 0 Å². The van der Waals surface area contributed by atoms with Gasteiger partial charge in [0, 0.05) is 25.0 Å². The van der Waals surface area contributed by atoms with E-state index in [-0.39, 0.29) is 5.56 Å². The number of halogens is 1. The molecule has 1 aromatic heterocycles. The summed E-state index contributed by atoms with van der Waals surface area (Å²) in [6.07, 6.45) is 3.26. The molecule has 6 heteroatoms. The summed E-state index contributed by atoms with van der Waals surface area (Å²) >= 11 is 3.19. The van der Waals surface area contributed by atoms with E-state index in [2.05, 4.69) is 25.9 Å². The van der Waals surface area contributed by atoms with Gasteiger partial charge >= 0.3 is 0 Å². The minimum Gasteiger partial charge on any atom is -0.404 e. The lowest BCUT2D eigenvalue weighted by Crippen LogP contribution is -2.19. The fraction of sp³-hybridized carbons (Fsp3) is 0.105. The Bertz CT molecular complexity index is 1020. The first-order chi connectivity index (χ1) is 12.1. The van der Waals surface area contributed by atoms with Gasteiger partial charge in [-0.25, -0.2) is 4.98 Å². The van der Waals surface area contributed by atoms with Crippen LogP contribution in [0.4, 0.5) is 0 Å². The van der Waals surface area contributed by atoms with Gasteiger partial charge in [-0.3, -0.25) is 9.79 Å². The molecule has 0 aliphatic heterocycles. The maximum Gasteiger partial charge on any atom is 0.283 e. The van der Waals surface area contributed by atoms with Gasteiger partial charge in [0.25, 0.3) is 5.56 Å². The number of nitrogens with zero attached hydrogens (tertiary/aromatic N) is 3. The SMILES string of the molecule is Cn1c(=O)c(Br)nc2ccc(C(C=NCc3ccccc3)=CN)cc21. The molecule has 0 fully saturated rings. The van der Waals surface area contributed by atoms with Crippen LogP contribution in [0.1, 0.15) is 11.1 Å². The van der Waals surface area contributed by atoms with Crippen LogP contribution in [-0.4, -0.2) is 15.8 Å². The average molecular weight is 397 g/mol. The van der Waals surface area contributed by atoms with E-state index in [0.717, 1.165) is 27.7 Å². The first kappa shape index (κ1) is 17.1. The topological polar surface area (TPSA) is 73.3 Å². The summed E-state index contributed by atoms with van der Waals surface area (Å²) in [6.45, 7) is 0.582. The molecule has 2 aromatic carbocycles. The summed E-state index contributed by atoms with van der Waals surface area (Å²) in [5, 5.41) is 0. The Kier molecular flexibility index (Phi) is 5.09. The van der Waals surface area contributed by atoms with Crippen LogP contribution < -0.4 is 11.3 Å². The molecular formula is C19H17BrN4O. The third kappa shape index (κ3) is 3.69. The molecule has 3 rings (SSSR count). The van der Waals surface area contributed by atoms with Crippen LogP contribution in [0.3, 0.4) is 0 Å². The molecule has 3 aromatic rings. The van der Waals surface area contributed by atoms with E-state index < -0.39 is 0 Å². The quantitative estimate of drug-likeness (QED) is 0.687. The maximum absolute atomic E-state index is 12.1. The number of hydrogen-bond donors (Lipinski definition) is 1. The molecule has 0 saturated carbocycles. The first-order valence-electron chi connectivity index (χ1n) is 7.72. The molecular weight excluding hydrogens is 380 g/mol. The van der Waals surface area contributed by atoms with E-state index in [4.69, 9.17) is 5.73 Å². The van der Waals surface area contributed by atoms with Crippen molar-refractivity contribution in [3.8, 4) is 0 Å². The summed E-state index contributed by atoms with van der Waals surface area (Å²) in [7, 11) is 1.72. The van der Waals surface area contributed by atoms with E-state index in [1.165, 1.54) is 6.20 Å². The minimum atomic E-state index is -0.180. The van der Waals surface area contributed by atoms with Gasteiger partial charge in [-0.15, -0.1) is 0 Å². The van der Waals surface area contributed by atoms with E-state index in [9.17, 15) is 4.79 Å². The zero-order chi connectivity index (χ0) is 17.8. The van der Waals surface area contributed by atoms with Crippen molar-refractivity contribution >= 4 is 38.8 Å². The molecule has 0 atom stereocenters. The highest BCUT2D eigenvalue weighted by Gasteiger charge is 2.08. The first-order valence-corrected chi connectivity index (χ1v) is 8.52. The standard InChI is InChI=1S/C19H17BrN4O/c1-24-17-9-14(7-8-16(17)23-18(20)19(24)25)15(10-21)12-22-11-13-5-3-2-4-6-13/h2-10,12H,11,21H2,1H3. The number of aryl methyl sites for hydroxylation is 1. The molecule has 0 aliphatic rings. The molecule has 0 saturated heterocycles. The largest absolute Gasteiger partial charge is 0.404 e. The normalized spacial score (nSPS) is 12.2. The predicted molar refractivity (Wildman–Crippen MR) is 105 cm³/mol. The Balaban J connectivity index is 1.92. The van der Waals surface area contributed by atoms with E-state index in [1.807, 2.05) is 48.5 Å². The van der Waals surface area contributed by atoms with Crippen molar-refractivity contribution in [1.82, 2.24) is 9.55 Å². The van der Waals surface area contributed by atoms with Crippen LogP contribution in [0.15, 0.2) is 69.1 Å². The molecule has 25 heavy (non-hydrogen) atoms. The van der Waals surface area contributed by atoms with Crippen molar-refractivity contribution in [2.45, 2.75) is 6.54 Å². The van der Waals surface area contributed by atoms with Crippen molar-refractivity contribution in [3.05, 3.63) is 80.8 Å². The number of hydrogen-bond acceptors (Lipinski definition) is 4. The predicted octanol–water partition coefficient (Wildman–Crippen LogP) is 3.27.